The normalized spacial score (nSPS) is 25.7. The Morgan fingerprint density at radius 3 is 2.86 bits per heavy atom. The summed E-state index contributed by atoms with van der Waals surface area (Å²) >= 11 is 1.70. The molecule has 0 aromatic carbocycles. The first-order chi connectivity index (χ1) is 10.6. The van der Waals surface area contributed by atoms with Crippen molar-refractivity contribution >= 4 is 21.6 Å². The summed E-state index contributed by atoms with van der Waals surface area (Å²) in [6.45, 7) is 6.63. The second-order valence-corrected chi connectivity index (χ2v) is 7.59. The number of aromatic amines is 1. The quantitative estimate of drug-likeness (QED) is 0.921. The molecule has 2 atom stereocenters. The standard InChI is InChI=1S/C16H21N3O2S/c1-9-6-19(7-10(2)21-9)8-13-17-15(20)14-11-4-3-5-12(11)22-16(14)18-13/h9-10H,3-8H2,1-2H3,(H,17,18,20)/t9-,10+. The van der Waals surface area contributed by atoms with Crippen LogP contribution < -0.4 is 5.56 Å². The average Bonchev–Trinajstić information content (AvgIpc) is 2.96. The van der Waals surface area contributed by atoms with Gasteiger partial charge in [-0.15, -0.1) is 11.3 Å². The highest BCUT2D eigenvalue weighted by Gasteiger charge is 2.24. The van der Waals surface area contributed by atoms with E-state index >= 15 is 0 Å². The summed E-state index contributed by atoms with van der Waals surface area (Å²) in [6, 6.07) is 0. The molecule has 0 bridgehead atoms. The van der Waals surface area contributed by atoms with E-state index in [-0.39, 0.29) is 17.8 Å². The Kier molecular flexibility index (Phi) is 3.55. The van der Waals surface area contributed by atoms with Crippen LogP contribution >= 0.6 is 11.3 Å². The van der Waals surface area contributed by atoms with Crippen molar-refractivity contribution in [2.45, 2.75) is 51.9 Å². The Hall–Kier alpha value is -1.24. The third-order valence-corrected chi connectivity index (χ3v) is 5.68. The lowest BCUT2D eigenvalue weighted by Crippen LogP contribution is -2.45. The lowest BCUT2D eigenvalue weighted by Gasteiger charge is -2.34. The number of ether oxygens (including phenoxy) is 1. The number of hydrogen-bond donors (Lipinski definition) is 1. The van der Waals surface area contributed by atoms with Gasteiger partial charge in [0.2, 0.25) is 0 Å². The fourth-order valence-electron chi connectivity index (χ4n) is 3.75. The molecule has 0 radical (unpaired) electrons. The topological polar surface area (TPSA) is 58.2 Å². The zero-order valence-corrected chi connectivity index (χ0v) is 13.8. The predicted octanol–water partition coefficient (Wildman–Crippen LogP) is 2.08. The molecule has 22 heavy (non-hydrogen) atoms. The van der Waals surface area contributed by atoms with Crippen LogP contribution in [0.2, 0.25) is 0 Å². The van der Waals surface area contributed by atoms with Crippen LogP contribution in [-0.2, 0) is 24.1 Å². The fourth-order valence-corrected chi connectivity index (χ4v) is 5.03. The van der Waals surface area contributed by atoms with E-state index < -0.39 is 0 Å². The van der Waals surface area contributed by atoms with Crippen molar-refractivity contribution in [3.8, 4) is 0 Å². The van der Waals surface area contributed by atoms with Crippen LogP contribution in [0, 0.1) is 0 Å². The van der Waals surface area contributed by atoms with Gasteiger partial charge in [-0.1, -0.05) is 0 Å². The lowest BCUT2D eigenvalue weighted by molar-refractivity contribution is -0.0710. The van der Waals surface area contributed by atoms with Crippen molar-refractivity contribution in [2.75, 3.05) is 13.1 Å². The molecule has 1 aliphatic carbocycles. The summed E-state index contributed by atoms with van der Waals surface area (Å²) in [7, 11) is 0. The largest absolute Gasteiger partial charge is 0.373 e. The SMILES string of the molecule is C[C@@H]1CN(Cc2nc3sc4c(c3c(=O)[nH]2)CCC4)C[C@H](C)O1. The minimum absolute atomic E-state index is 0.0359. The number of thiophene rings is 1. The summed E-state index contributed by atoms with van der Waals surface area (Å²) in [5.74, 6) is 0.777. The number of H-pyrrole nitrogens is 1. The van der Waals surface area contributed by atoms with Crippen molar-refractivity contribution in [3.05, 3.63) is 26.6 Å². The minimum atomic E-state index is 0.0359. The first-order valence-electron chi connectivity index (χ1n) is 8.01. The van der Waals surface area contributed by atoms with Crippen molar-refractivity contribution in [3.63, 3.8) is 0 Å². The highest BCUT2D eigenvalue weighted by atomic mass is 32.1. The zero-order chi connectivity index (χ0) is 15.3. The van der Waals surface area contributed by atoms with Gasteiger partial charge >= 0.3 is 0 Å². The van der Waals surface area contributed by atoms with Gasteiger partial charge in [0.25, 0.3) is 5.56 Å². The second-order valence-electron chi connectivity index (χ2n) is 6.50. The Morgan fingerprint density at radius 2 is 2.09 bits per heavy atom. The average molecular weight is 319 g/mol. The zero-order valence-electron chi connectivity index (χ0n) is 13.0. The van der Waals surface area contributed by atoms with Crippen LogP contribution in [0.3, 0.4) is 0 Å². The first-order valence-corrected chi connectivity index (χ1v) is 8.83. The predicted molar refractivity (Wildman–Crippen MR) is 87.6 cm³/mol. The van der Waals surface area contributed by atoms with Crippen molar-refractivity contribution < 1.29 is 4.74 Å². The van der Waals surface area contributed by atoms with Gasteiger partial charge in [-0.05, 0) is 38.7 Å². The van der Waals surface area contributed by atoms with Crippen molar-refractivity contribution in [2.24, 2.45) is 0 Å². The van der Waals surface area contributed by atoms with E-state index in [2.05, 4.69) is 23.7 Å². The molecule has 1 saturated heterocycles. The molecule has 1 aliphatic heterocycles. The Balaban J connectivity index is 1.64. The molecule has 0 amide bonds. The van der Waals surface area contributed by atoms with E-state index in [4.69, 9.17) is 9.72 Å². The molecular formula is C16H21N3O2S. The molecule has 118 valence electrons. The number of fused-ring (bicyclic) bond motifs is 3. The number of rotatable bonds is 2. The number of nitrogens with one attached hydrogen (secondary N) is 1. The van der Waals surface area contributed by atoms with E-state index in [9.17, 15) is 4.79 Å². The molecule has 5 nitrogen and oxygen atoms in total. The number of aromatic nitrogens is 2. The summed E-state index contributed by atoms with van der Waals surface area (Å²) in [6.07, 6.45) is 3.75. The number of nitrogens with zero attached hydrogens (tertiary/aromatic N) is 2. The minimum Gasteiger partial charge on any atom is -0.373 e. The molecule has 0 saturated carbocycles. The Morgan fingerprint density at radius 1 is 1.32 bits per heavy atom. The highest BCUT2D eigenvalue weighted by Crippen LogP contribution is 2.34. The third-order valence-electron chi connectivity index (χ3n) is 4.49. The van der Waals surface area contributed by atoms with Gasteiger partial charge in [0.15, 0.2) is 0 Å². The van der Waals surface area contributed by atoms with Gasteiger partial charge in [-0.25, -0.2) is 4.98 Å². The maximum Gasteiger partial charge on any atom is 0.259 e. The Labute approximate surface area is 133 Å². The molecule has 6 heteroatoms. The van der Waals surface area contributed by atoms with E-state index in [0.717, 1.165) is 42.0 Å². The van der Waals surface area contributed by atoms with Gasteiger partial charge in [-0.3, -0.25) is 9.69 Å². The molecule has 2 aliphatic rings. The van der Waals surface area contributed by atoms with Gasteiger partial charge in [-0.2, -0.15) is 0 Å². The molecule has 3 heterocycles. The van der Waals surface area contributed by atoms with Crippen LogP contribution in [0.25, 0.3) is 10.2 Å². The highest BCUT2D eigenvalue weighted by molar-refractivity contribution is 7.18. The van der Waals surface area contributed by atoms with Crippen LogP contribution in [0.5, 0.6) is 0 Å². The summed E-state index contributed by atoms with van der Waals surface area (Å²) in [4.78, 5) is 24.8. The summed E-state index contributed by atoms with van der Waals surface area (Å²) in [5, 5.41) is 0.838. The van der Waals surface area contributed by atoms with E-state index in [1.165, 1.54) is 16.9 Å². The molecule has 2 aromatic heterocycles. The molecule has 4 rings (SSSR count). The van der Waals surface area contributed by atoms with Gasteiger partial charge < -0.3 is 9.72 Å². The number of aryl methyl sites for hydroxylation is 2. The van der Waals surface area contributed by atoms with Crippen LogP contribution in [0.15, 0.2) is 4.79 Å². The third kappa shape index (κ3) is 2.49. The molecule has 2 aromatic rings. The van der Waals surface area contributed by atoms with Crippen LogP contribution in [0.1, 0.15) is 36.5 Å². The van der Waals surface area contributed by atoms with Crippen LogP contribution in [-0.4, -0.2) is 40.2 Å². The maximum atomic E-state index is 12.5. The molecule has 0 spiro atoms. The molecular weight excluding hydrogens is 298 g/mol. The van der Waals surface area contributed by atoms with Crippen molar-refractivity contribution in [1.82, 2.24) is 14.9 Å². The maximum absolute atomic E-state index is 12.5. The Bertz CT molecular complexity index is 757. The lowest BCUT2D eigenvalue weighted by atomic mass is 10.2. The van der Waals surface area contributed by atoms with E-state index in [0.29, 0.717) is 6.54 Å². The molecule has 0 unspecified atom stereocenters. The van der Waals surface area contributed by atoms with Gasteiger partial charge in [0, 0.05) is 18.0 Å². The van der Waals surface area contributed by atoms with E-state index in [1.54, 1.807) is 11.3 Å². The van der Waals surface area contributed by atoms with E-state index in [1.807, 2.05) is 0 Å². The number of hydrogen-bond acceptors (Lipinski definition) is 5. The van der Waals surface area contributed by atoms with Gasteiger partial charge in [0.05, 0.1) is 24.1 Å². The second kappa shape index (κ2) is 5.44. The molecule has 1 N–H and O–H groups in total. The molecule has 1 fully saturated rings. The first kappa shape index (κ1) is 14.4. The fraction of sp³-hybridized carbons (Fsp3) is 0.625. The summed E-state index contributed by atoms with van der Waals surface area (Å²) < 4.78 is 5.76. The van der Waals surface area contributed by atoms with Crippen LogP contribution in [0.4, 0.5) is 0 Å². The summed E-state index contributed by atoms with van der Waals surface area (Å²) in [5.41, 5.74) is 1.28. The van der Waals surface area contributed by atoms with Crippen molar-refractivity contribution in [1.29, 1.82) is 0 Å². The smallest absolute Gasteiger partial charge is 0.259 e. The monoisotopic (exact) mass is 319 g/mol. The number of morpholine rings is 1. The van der Waals surface area contributed by atoms with Gasteiger partial charge in [0.1, 0.15) is 10.7 Å².